The van der Waals surface area contributed by atoms with Gasteiger partial charge in [-0.25, -0.2) is 4.68 Å². The molecule has 3 amide bonds. The van der Waals surface area contributed by atoms with Gasteiger partial charge in [0.05, 0.1) is 16.6 Å². The first kappa shape index (κ1) is 33.2. The molecule has 0 spiro atoms. The molecule has 0 radical (unpaired) electrons. The number of rotatable bonds is 10. The average Bonchev–Trinajstić information content (AvgIpc) is 3.28. The summed E-state index contributed by atoms with van der Waals surface area (Å²) in [5.74, 6) is -1.22. The smallest absolute Gasteiger partial charge is 0.295 e. The van der Waals surface area contributed by atoms with Crippen molar-refractivity contribution in [1.82, 2.24) is 14.7 Å². The maximum atomic E-state index is 13.4. The van der Waals surface area contributed by atoms with Gasteiger partial charge in [-0.05, 0) is 86.2 Å². The summed E-state index contributed by atoms with van der Waals surface area (Å²) in [5, 5.41) is 7.87. The number of nitrogens with one attached hydrogen (secondary N) is 3. The molecule has 0 aliphatic rings. The van der Waals surface area contributed by atoms with E-state index in [-0.39, 0.29) is 22.9 Å². The molecule has 5 aromatic rings. The van der Waals surface area contributed by atoms with Crippen molar-refractivity contribution in [3.8, 4) is 5.69 Å². The fraction of sp³-hybridized carbons (Fsp3) is 0.111. The van der Waals surface area contributed by atoms with Crippen LogP contribution >= 0.6 is 27.7 Å². The third-order valence-corrected chi connectivity index (χ3v) is 8.89. The zero-order valence-electron chi connectivity index (χ0n) is 25.9. The Morgan fingerprint density at radius 1 is 0.851 bits per heavy atom. The van der Waals surface area contributed by atoms with Gasteiger partial charge in [0.25, 0.3) is 17.4 Å². The molecule has 0 fully saturated rings. The SMILES string of the molecule is Cc1c(NC(=O)C(C)Sc2ccc(NC(=O)/C(=C/c3cccc(Br)c3)NC(=O)c3ccccc3)cc2)c(=O)n(-c2ccccc2)n1C. The van der Waals surface area contributed by atoms with Gasteiger partial charge in [-0.3, -0.25) is 23.9 Å². The number of carbonyl (C=O) groups is 3. The molecule has 1 aromatic heterocycles. The summed E-state index contributed by atoms with van der Waals surface area (Å²) in [6, 6.07) is 32.3. The Balaban J connectivity index is 1.25. The molecule has 3 N–H and O–H groups in total. The number of thioether (sulfide) groups is 1. The van der Waals surface area contributed by atoms with E-state index < -0.39 is 17.1 Å². The second-order valence-corrected chi connectivity index (χ2v) is 12.9. The maximum absolute atomic E-state index is 13.4. The molecule has 9 nitrogen and oxygen atoms in total. The minimum Gasteiger partial charge on any atom is -0.321 e. The Morgan fingerprint density at radius 2 is 1.51 bits per heavy atom. The van der Waals surface area contributed by atoms with Crippen LogP contribution in [0.15, 0.2) is 129 Å². The largest absolute Gasteiger partial charge is 0.321 e. The van der Waals surface area contributed by atoms with Crippen LogP contribution in [-0.4, -0.2) is 32.3 Å². The van der Waals surface area contributed by atoms with E-state index in [4.69, 9.17) is 0 Å². The number of benzene rings is 4. The quantitative estimate of drug-likeness (QED) is 0.109. The van der Waals surface area contributed by atoms with Gasteiger partial charge in [-0.2, -0.15) is 0 Å². The normalized spacial score (nSPS) is 11.9. The van der Waals surface area contributed by atoms with Gasteiger partial charge in [-0.15, -0.1) is 11.8 Å². The molecule has 238 valence electrons. The Morgan fingerprint density at radius 3 is 2.17 bits per heavy atom. The zero-order valence-corrected chi connectivity index (χ0v) is 28.3. The van der Waals surface area contributed by atoms with Crippen LogP contribution in [0.5, 0.6) is 0 Å². The Hall–Kier alpha value is -5.13. The first-order valence-electron chi connectivity index (χ1n) is 14.7. The molecule has 4 aromatic carbocycles. The minimum absolute atomic E-state index is 0.0724. The minimum atomic E-state index is -0.521. The van der Waals surface area contributed by atoms with E-state index in [9.17, 15) is 19.2 Å². The van der Waals surface area contributed by atoms with Crippen molar-refractivity contribution in [3.05, 3.63) is 147 Å². The van der Waals surface area contributed by atoms with Gasteiger partial charge in [0.2, 0.25) is 5.91 Å². The summed E-state index contributed by atoms with van der Waals surface area (Å²) in [4.78, 5) is 53.4. The van der Waals surface area contributed by atoms with Crippen LogP contribution in [0.2, 0.25) is 0 Å². The van der Waals surface area contributed by atoms with Crippen LogP contribution in [0.25, 0.3) is 11.8 Å². The van der Waals surface area contributed by atoms with E-state index in [0.717, 1.165) is 14.9 Å². The summed E-state index contributed by atoms with van der Waals surface area (Å²) >= 11 is 4.76. The summed E-state index contributed by atoms with van der Waals surface area (Å²) in [7, 11) is 1.77. The molecule has 47 heavy (non-hydrogen) atoms. The van der Waals surface area contributed by atoms with Gasteiger partial charge in [-0.1, -0.05) is 64.5 Å². The van der Waals surface area contributed by atoms with Gasteiger partial charge < -0.3 is 16.0 Å². The van der Waals surface area contributed by atoms with Crippen molar-refractivity contribution in [2.45, 2.75) is 24.0 Å². The molecule has 1 unspecified atom stereocenters. The Labute approximate surface area is 284 Å². The van der Waals surface area contributed by atoms with Crippen LogP contribution in [0, 0.1) is 6.92 Å². The molecule has 1 heterocycles. The summed E-state index contributed by atoms with van der Waals surface area (Å²) in [5.41, 5.74) is 2.99. The molecular formula is C36H32BrN5O4S. The molecule has 0 saturated carbocycles. The van der Waals surface area contributed by atoms with Gasteiger partial charge >= 0.3 is 0 Å². The van der Waals surface area contributed by atoms with E-state index in [2.05, 4.69) is 31.9 Å². The highest BCUT2D eigenvalue weighted by Gasteiger charge is 2.22. The predicted molar refractivity (Wildman–Crippen MR) is 191 cm³/mol. The predicted octanol–water partition coefficient (Wildman–Crippen LogP) is 6.78. The molecule has 0 bridgehead atoms. The lowest BCUT2D eigenvalue weighted by Crippen LogP contribution is -2.30. The van der Waals surface area contributed by atoms with Crippen molar-refractivity contribution < 1.29 is 14.4 Å². The van der Waals surface area contributed by atoms with E-state index >= 15 is 0 Å². The monoisotopic (exact) mass is 709 g/mol. The molecule has 5 rings (SSSR count). The lowest BCUT2D eigenvalue weighted by Gasteiger charge is -2.13. The Bertz CT molecular complexity index is 2010. The molecule has 0 aliphatic heterocycles. The van der Waals surface area contributed by atoms with E-state index in [1.165, 1.54) is 16.4 Å². The molecular weight excluding hydrogens is 678 g/mol. The van der Waals surface area contributed by atoms with E-state index in [1.807, 2.05) is 60.7 Å². The third-order valence-electron chi connectivity index (χ3n) is 7.29. The number of hydrogen-bond donors (Lipinski definition) is 3. The van der Waals surface area contributed by atoms with Crippen molar-refractivity contribution in [2.75, 3.05) is 10.6 Å². The van der Waals surface area contributed by atoms with Crippen LogP contribution in [0.1, 0.15) is 28.5 Å². The Kier molecular flexibility index (Phi) is 10.6. The molecule has 0 aliphatic carbocycles. The van der Waals surface area contributed by atoms with Gasteiger partial charge in [0, 0.05) is 27.7 Å². The standard InChI is InChI=1S/C36H32BrN5O4S/c1-23-32(36(46)42(41(23)3)29-15-8-5-9-16-29)40-33(43)24(2)47-30-19-17-28(18-20-30)38-35(45)31(22-25-11-10-14-27(37)21-25)39-34(44)26-12-6-4-7-13-26/h4-22,24H,1-3H3,(H,38,45)(H,39,44)(H,40,43)/b31-22-. The van der Waals surface area contributed by atoms with E-state index in [1.54, 1.807) is 80.2 Å². The summed E-state index contributed by atoms with van der Waals surface area (Å²) in [6.45, 7) is 3.55. The van der Waals surface area contributed by atoms with Crippen molar-refractivity contribution in [3.63, 3.8) is 0 Å². The highest BCUT2D eigenvalue weighted by molar-refractivity contribution is 9.10. The van der Waals surface area contributed by atoms with Gasteiger partial charge in [0.1, 0.15) is 11.4 Å². The number of carbonyl (C=O) groups excluding carboxylic acids is 3. The number of hydrogen-bond acceptors (Lipinski definition) is 5. The second kappa shape index (κ2) is 15.0. The molecule has 11 heteroatoms. The molecule has 0 saturated heterocycles. The average molecular weight is 711 g/mol. The number of nitrogens with zero attached hydrogens (tertiary/aromatic N) is 2. The topological polar surface area (TPSA) is 114 Å². The van der Waals surface area contributed by atoms with Crippen molar-refractivity contribution >= 4 is 62.9 Å². The zero-order chi connectivity index (χ0) is 33.5. The van der Waals surface area contributed by atoms with E-state index in [0.29, 0.717) is 22.6 Å². The summed E-state index contributed by atoms with van der Waals surface area (Å²) < 4.78 is 4.06. The third kappa shape index (κ3) is 8.18. The number of amides is 3. The lowest BCUT2D eigenvalue weighted by atomic mass is 10.1. The molecule has 1 atom stereocenters. The van der Waals surface area contributed by atoms with Crippen LogP contribution in [-0.2, 0) is 16.6 Å². The van der Waals surface area contributed by atoms with Crippen LogP contribution in [0.4, 0.5) is 11.4 Å². The summed E-state index contributed by atoms with van der Waals surface area (Å²) in [6.07, 6.45) is 1.61. The number of anilines is 2. The highest BCUT2D eigenvalue weighted by Crippen LogP contribution is 2.26. The van der Waals surface area contributed by atoms with Crippen molar-refractivity contribution in [2.24, 2.45) is 7.05 Å². The van der Waals surface area contributed by atoms with Gasteiger partial charge in [0.15, 0.2) is 0 Å². The fourth-order valence-electron chi connectivity index (χ4n) is 4.72. The highest BCUT2D eigenvalue weighted by atomic mass is 79.9. The van der Waals surface area contributed by atoms with Crippen molar-refractivity contribution in [1.29, 1.82) is 0 Å². The number of para-hydroxylation sites is 1. The van der Waals surface area contributed by atoms with Crippen LogP contribution < -0.4 is 21.5 Å². The lowest BCUT2D eigenvalue weighted by molar-refractivity contribution is -0.115. The second-order valence-electron chi connectivity index (χ2n) is 10.6. The first-order chi connectivity index (χ1) is 22.6. The number of aromatic nitrogens is 2. The van der Waals surface area contributed by atoms with Crippen LogP contribution in [0.3, 0.4) is 0 Å². The fourth-order valence-corrected chi connectivity index (χ4v) is 6.00. The maximum Gasteiger partial charge on any atom is 0.295 e. The number of halogens is 1. The first-order valence-corrected chi connectivity index (χ1v) is 16.3.